The van der Waals surface area contributed by atoms with E-state index < -0.39 is 0 Å². The van der Waals surface area contributed by atoms with E-state index in [0.29, 0.717) is 6.54 Å². The Morgan fingerprint density at radius 1 is 0.969 bits per heavy atom. The number of rotatable bonds is 8. The van der Waals surface area contributed by atoms with E-state index >= 15 is 0 Å². The first kappa shape index (κ1) is 22.6. The third kappa shape index (κ3) is 6.47. The van der Waals surface area contributed by atoms with Gasteiger partial charge in [-0.3, -0.25) is 4.90 Å². The molecule has 2 heterocycles. The van der Waals surface area contributed by atoms with Gasteiger partial charge < -0.3 is 20.3 Å². The molecular weight excluding hydrogens is 398 g/mol. The molecule has 2 aliphatic heterocycles. The second kappa shape index (κ2) is 11.3. The van der Waals surface area contributed by atoms with E-state index in [4.69, 9.17) is 9.73 Å². The van der Waals surface area contributed by atoms with E-state index in [0.717, 1.165) is 77.0 Å². The first-order valence-corrected chi connectivity index (χ1v) is 11.9. The van der Waals surface area contributed by atoms with E-state index in [1.165, 1.54) is 22.3 Å². The predicted molar refractivity (Wildman–Crippen MR) is 131 cm³/mol. The molecule has 4 rings (SSSR count). The number of hydrogen-bond acceptors (Lipinski definition) is 4. The average Bonchev–Trinajstić information content (AvgIpc) is 3.28. The van der Waals surface area contributed by atoms with Gasteiger partial charge in [-0.15, -0.1) is 0 Å². The highest BCUT2D eigenvalue weighted by atomic mass is 16.5. The maximum atomic E-state index is 5.60. The van der Waals surface area contributed by atoms with Crippen LogP contribution in [0.1, 0.15) is 29.2 Å². The van der Waals surface area contributed by atoms with Crippen molar-refractivity contribution in [2.24, 2.45) is 4.99 Å². The van der Waals surface area contributed by atoms with E-state index in [1.807, 2.05) is 0 Å². The van der Waals surface area contributed by atoms with Crippen molar-refractivity contribution < 1.29 is 4.74 Å². The SMILES string of the molecule is CCNC(=NCc1ccc(CN2CCN(C)CC2)cc1)NCCc1ccc2c(c1)CCO2. The van der Waals surface area contributed by atoms with E-state index in [2.05, 4.69) is 76.9 Å². The van der Waals surface area contributed by atoms with Crippen LogP contribution in [-0.4, -0.2) is 68.7 Å². The Labute approximate surface area is 192 Å². The molecule has 1 saturated heterocycles. The van der Waals surface area contributed by atoms with Gasteiger partial charge >= 0.3 is 0 Å². The average molecular weight is 436 g/mol. The molecule has 0 radical (unpaired) electrons. The van der Waals surface area contributed by atoms with Crippen LogP contribution in [0.3, 0.4) is 0 Å². The van der Waals surface area contributed by atoms with Gasteiger partial charge in [0.05, 0.1) is 13.2 Å². The molecule has 6 heteroatoms. The summed E-state index contributed by atoms with van der Waals surface area (Å²) in [4.78, 5) is 9.72. The van der Waals surface area contributed by atoms with Crippen LogP contribution >= 0.6 is 0 Å². The normalized spacial score (nSPS) is 17.1. The van der Waals surface area contributed by atoms with Crippen molar-refractivity contribution in [1.82, 2.24) is 20.4 Å². The van der Waals surface area contributed by atoms with Crippen molar-refractivity contribution in [3.8, 4) is 5.75 Å². The molecular formula is C26H37N5O. The van der Waals surface area contributed by atoms with Crippen molar-refractivity contribution in [3.63, 3.8) is 0 Å². The highest BCUT2D eigenvalue weighted by Gasteiger charge is 2.14. The zero-order valence-electron chi connectivity index (χ0n) is 19.6. The van der Waals surface area contributed by atoms with Gasteiger partial charge in [0.25, 0.3) is 0 Å². The van der Waals surface area contributed by atoms with Crippen molar-refractivity contribution in [1.29, 1.82) is 0 Å². The smallest absolute Gasteiger partial charge is 0.191 e. The molecule has 2 aromatic carbocycles. The standard InChI is InChI=1S/C26H37N5O/c1-3-27-26(28-12-10-21-8-9-25-24(18-21)11-17-32-25)29-19-22-4-6-23(7-5-22)20-31-15-13-30(2)14-16-31/h4-9,18H,3,10-17,19-20H2,1-2H3,(H2,27,28,29). The molecule has 0 saturated carbocycles. The lowest BCUT2D eigenvalue weighted by Crippen LogP contribution is -2.43. The molecule has 0 aromatic heterocycles. The number of nitrogens with one attached hydrogen (secondary N) is 2. The van der Waals surface area contributed by atoms with Crippen LogP contribution in [0.2, 0.25) is 0 Å². The number of likely N-dealkylation sites (N-methyl/N-ethyl adjacent to an activating group) is 1. The van der Waals surface area contributed by atoms with Crippen molar-refractivity contribution in [2.75, 3.05) is 52.9 Å². The quantitative estimate of drug-likeness (QED) is 0.493. The molecule has 2 N–H and O–H groups in total. The van der Waals surface area contributed by atoms with Gasteiger partial charge in [0.15, 0.2) is 5.96 Å². The van der Waals surface area contributed by atoms with Crippen molar-refractivity contribution in [3.05, 3.63) is 64.7 Å². The number of nitrogens with zero attached hydrogens (tertiary/aromatic N) is 3. The minimum absolute atomic E-state index is 0.681. The molecule has 2 aliphatic rings. The Kier molecular flexibility index (Phi) is 8.02. The van der Waals surface area contributed by atoms with E-state index in [1.54, 1.807) is 0 Å². The first-order chi connectivity index (χ1) is 15.7. The van der Waals surface area contributed by atoms with Gasteiger partial charge in [-0.05, 0) is 48.7 Å². The number of hydrogen-bond donors (Lipinski definition) is 2. The first-order valence-electron chi connectivity index (χ1n) is 11.9. The third-order valence-corrected chi connectivity index (χ3v) is 6.25. The zero-order chi connectivity index (χ0) is 22.2. The topological polar surface area (TPSA) is 52.1 Å². The highest BCUT2D eigenvalue weighted by Crippen LogP contribution is 2.25. The largest absolute Gasteiger partial charge is 0.493 e. The summed E-state index contributed by atoms with van der Waals surface area (Å²) < 4.78 is 5.60. The molecule has 2 aromatic rings. The Bertz CT molecular complexity index is 888. The molecule has 0 amide bonds. The summed E-state index contributed by atoms with van der Waals surface area (Å²) in [6.07, 6.45) is 1.99. The fourth-order valence-electron chi connectivity index (χ4n) is 4.25. The molecule has 172 valence electrons. The van der Waals surface area contributed by atoms with Gasteiger partial charge in [-0.2, -0.15) is 0 Å². The summed E-state index contributed by atoms with van der Waals surface area (Å²) in [6.45, 7) is 11.0. The predicted octanol–water partition coefficient (Wildman–Crippen LogP) is 2.67. The molecule has 1 fully saturated rings. The van der Waals surface area contributed by atoms with Gasteiger partial charge in [0, 0.05) is 52.2 Å². The fourth-order valence-corrected chi connectivity index (χ4v) is 4.25. The summed E-state index contributed by atoms with van der Waals surface area (Å²) in [7, 11) is 2.20. The molecule has 0 unspecified atom stereocenters. The minimum atomic E-state index is 0.681. The molecule has 0 atom stereocenters. The number of aliphatic imine (C=N–C) groups is 1. The fraction of sp³-hybridized carbons (Fsp3) is 0.500. The number of fused-ring (bicyclic) bond motifs is 1. The number of piperazine rings is 1. The lowest BCUT2D eigenvalue weighted by molar-refractivity contribution is 0.148. The lowest BCUT2D eigenvalue weighted by Gasteiger charge is -2.32. The Morgan fingerprint density at radius 3 is 2.50 bits per heavy atom. The maximum absolute atomic E-state index is 5.60. The number of benzene rings is 2. The number of guanidine groups is 1. The highest BCUT2D eigenvalue weighted by molar-refractivity contribution is 5.79. The van der Waals surface area contributed by atoms with Crippen LogP contribution in [0.25, 0.3) is 0 Å². The summed E-state index contributed by atoms with van der Waals surface area (Å²) in [5, 5.41) is 6.83. The zero-order valence-corrected chi connectivity index (χ0v) is 19.6. The summed E-state index contributed by atoms with van der Waals surface area (Å²) >= 11 is 0. The Balaban J connectivity index is 1.25. The molecule has 0 bridgehead atoms. The summed E-state index contributed by atoms with van der Waals surface area (Å²) in [5.74, 6) is 1.92. The molecule has 32 heavy (non-hydrogen) atoms. The van der Waals surface area contributed by atoms with Crippen LogP contribution in [0, 0.1) is 0 Å². The molecule has 0 aliphatic carbocycles. The van der Waals surface area contributed by atoms with E-state index in [-0.39, 0.29) is 0 Å². The maximum Gasteiger partial charge on any atom is 0.191 e. The third-order valence-electron chi connectivity index (χ3n) is 6.25. The second-order valence-corrected chi connectivity index (χ2v) is 8.81. The van der Waals surface area contributed by atoms with Crippen LogP contribution in [0.5, 0.6) is 5.75 Å². The van der Waals surface area contributed by atoms with E-state index in [9.17, 15) is 0 Å². The summed E-state index contributed by atoms with van der Waals surface area (Å²) in [5.41, 5.74) is 5.29. The summed E-state index contributed by atoms with van der Waals surface area (Å²) in [6, 6.07) is 15.5. The lowest BCUT2D eigenvalue weighted by atomic mass is 10.1. The number of ether oxygens (including phenoxy) is 1. The molecule has 0 spiro atoms. The van der Waals surface area contributed by atoms with Gasteiger partial charge in [-0.1, -0.05) is 36.4 Å². The Morgan fingerprint density at radius 2 is 1.72 bits per heavy atom. The second-order valence-electron chi connectivity index (χ2n) is 8.81. The van der Waals surface area contributed by atoms with Crippen LogP contribution in [-0.2, 0) is 25.9 Å². The van der Waals surface area contributed by atoms with Crippen LogP contribution < -0.4 is 15.4 Å². The van der Waals surface area contributed by atoms with Crippen molar-refractivity contribution in [2.45, 2.75) is 32.9 Å². The Hall–Kier alpha value is -2.57. The van der Waals surface area contributed by atoms with Gasteiger partial charge in [0.1, 0.15) is 5.75 Å². The van der Waals surface area contributed by atoms with Gasteiger partial charge in [-0.25, -0.2) is 4.99 Å². The van der Waals surface area contributed by atoms with Crippen LogP contribution in [0.4, 0.5) is 0 Å². The van der Waals surface area contributed by atoms with Crippen molar-refractivity contribution >= 4 is 5.96 Å². The van der Waals surface area contributed by atoms with Gasteiger partial charge in [0.2, 0.25) is 0 Å². The van der Waals surface area contributed by atoms with Crippen LogP contribution in [0.15, 0.2) is 47.5 Å². The monoisotopic (exact) mass is 435 g/mol. The molecule has 6 nitrogen and oxygen atoms in total. The minimum Gasteiger partial charge on any atom is -0.493 e.